The zero-order valence-corrected chi connectivity index (χ0v) is 11.6. The van der Waals surface area contributed by atoms with Gasteiger partial charge in [-0.15, -0.1) is 10.2 Å². The summed E-state index contributed by atoms with van der Waals surface area (Å²) in [4.78, 5) is 0. The van der Waals surface area contributed by atoms with Crippen LogP contribution in [0.15, 0.2) is 0 Å². The Balaban J connectivity index is 3.01. The molecule has 0 aliphatic carbocycles. The molecule has 1 atom stereocenters. The van der Waals surface area contributed by atoms with Crippen molar-refractivity contribution in [1.82, 2.24) is 14.8 Å². The molecule has 0 saturated heterocycles. The normalized spacial score (nSPS) is 13.5. The van der Waals surface area contributed by atoms with Gasteiger partial charge in [0.1, 0.15) is 11.6 Å². The fraction of sp³-hybridized carbons (Fsp3) is 0.818. The highest BCUT2D eigenvalue weighted by atomic mass is 79.9. The molecule has 0 bridgehead atoms. The van der Waals surface area contributed by atoms with Crippen molar-refractivity contribution in [2.75, 3.05) is 0 Å². The van der Waals surface area contributed by atoms with Crippen LogP contribution < -0.4 is 0 Å². The molecular formula is C11H20BrN3. The molecular weight excluding hydrogens is 254 g/mol. The van der Waals surface area contributed by atoms with E-state index in [-0.39, 0.29) is 0 Å². The first-order valence-corrected chi connectivity index (χ1v) is 6.71. The van der Waals surface area contributed by atoms with Crippen LogP contribution in [0.2, 0.25) is 0 Å². The standard InChI is InChI=1S/C11H20BrN3/c1-5-6-15-10(7-12)13-14-11(15)9(4)8(2)3/h8-9H,5-7H2,1-4H3. The van der Waals surface area contributed by atoms with Crippen LogP contribution in [0.25, 0.3) is 0 Å². The van der Waals surface area contributed by atoms with Crippen molar-refractivity contribution >= 4 is 15.9 Å². The monoisotopic (exact) mass is 273 g/mol. The first-order valence-electron chi connectivity index (χ1n) is 5.59. The second-order valence-corrected chi connectivity index (χ2v) is 4.85. The van der Waals surface area contributed by atoms with Gasteiger partial charge in [-0.1, -0.05) is 43.6 Å². The Kier molecular flexibility index (Phi) is 4.77. The Morgan fingerprint density at radius 2 is 1.93 bits per heavy atom. The molecule has 1 aromatic heterocycles. The second-order valence-electron chi connectivity index (χ2n) is 4.29. The van der Waals surface area contributed by atoms with Crippen LogP contribution in [0.4, 0.5) is 0 Å². The summed E-state index contributed by atoms with van der Waals surface area (Å²) in [5.74, 6) is 3.24. The molecule has 0 spiro atoms. The van der Waals surface area contributed by atoms with Crippen LogP contribution in [0, 0.1) is 5.92 Å². The largest absolute Gasteiger partial charge is 0.314 e. The lowest BCUT2D eigenvalue weighted by Gasteiger charge is -2.16. The van der Waals surface area contributed by atoms with Crippen molar-refractivity contribution in [1.29, 1.82) is 0 Å². The SMILES string of the molecule is CCCn1c(CBr)nnc1C(C)C(C)C. The third kappa shape index (κ3) is 2.80. The molecule has 1 aromatic rings. The molecule has 0 fully saturated rings. The fourth-order valence-electron chi connectivity index (χ4n) is 1.55. The van der Waals surface area contributed by atoms with Crippen LogP contribution in [0.1, 0.15) is 51.7 Å². The summed E-state index contributed by atoms with van der Waals surface area (Å²) >= 11 is 3.45. The van der Waals surface area contributed by atoms with Gasteiger partial charge in [-0.25, -0.2) is 0 Å². The molecule has 1 unspecified atom stereocenters. The number of alkyl halides is 1. The average molecular weight is 274 g/mol. The smallest absolute Gasteiger partial charge is 0.143 e. The summed E-state index contributed by atoms with van der Waals surface area (Å²) < 4.78 is 2.25. The highest BCUT2D eigenvalue weighted by Gasteiger charge is 2.18. The number of hydrogen-bond donors (Lipinski definition) is 0. The molecule has 0 aliphatic heterocycles. The summed E-state index contributed by atoms with van der Waals surface area (Å²) in [7, 11) is 0. The van der Waals surface area contributed by atoms with Gasteiger partial charge in [0, 0.05) is 12.5 Å². The van der Waals surface area contributed by atoms with Crippen LogP contribution in [0.5, 0.6) is 0 Å². The molecule has 86 valence electrons. The minimum atomic E-state index is 0.469. The predicted octanol–water partition coefficient (Wildman–Crippen LogP) is 3.34. The highest BCUT2D eigenvalue weighted by Crippen LogP contribution is 2.23. The predicted molar refractivity (Wildman–Crippen MR) is 66.2 cm³/mol. The van der Waals surface area contributed by atoms with Gasteiger partial charge < -0.3 is 4.57 Å². The number of aromatic nitrogens is 3. The molecule has 1 rings (SSSR count). The van der Waals surface area contributed by atoms with Crippen molar-refractivity contribution in [3.63, 3.8) is 0 Å². The van der Waals surface area contributed by atoms with E-state index in [2.05, 4.69) is 58.4 Å². The van der Waals surface area contributed by atoms with Crippen molar-refractivity contribution < 1.29 is 0 Å². The zero-order chi connectivity index (χ0) is 11.4. The maximum atomic E-state index is 4.31. The second kappa shape index (κ2) is 5.64. The van der Waals surface area contributed by atoms with Crippen molar-refractivity contribution in [3.8, 4) is 0 Å². The lowest BCUT2D eigenvalue weighted by molar-refractivity contribution is 0.477. The highest BCUT2D eigenvalue weighted by molar-refractivity contribution is 9.08. The van der Waals surface area contributed by atoms with Crippen molar-refractivity contribution in [2.45, 2.75) is 51.9 Å². The van der Waals surface area contributed by atoms with E-state index in [1.165, 1.54) is 0 Å². The van der Waals surface area contributed by atoms with Gasteiger partial charge >= 0.3 is 0 Å². The van der Waals surface area contributed by atoms with Gasteiger partial charge in [-0.05, 0) is 12.3 Å². The summed E-state index contributed by atoms with van der Waals surface area (Å²) in [5, 5.41) is 9.32. The quantitative estimate of drug-likeness (QED) is 0.771. The van der Waals surface area contributed by atoms with E-state index in [0.29, 0.717) is 11.8 Å². The van der Waals surface area contributed by atoms with E-state index < -0.39 is 0 Å². The van der Waals surface area contributed by atoms with Gasteiger partial charge in [0.25, 0.3) is 0 Å². The van der Waals surface area contributed by atoms with Crippen molar-refractivity contribution in [2.24, 2.45) is 5.92 Å². The molecule has 3 nitrogen and oxygen atoms in total. The molecule has 0 radical (unpaired) electrons. The van der Waals surface area contributed by atoms with Gasteiger partial charge in [-0.2, -0.15) is 0 Å². The van der Waals surface area contributed by atoms with Crippen molar-refractivity contribution in [3.05, 3.63) is 11.6 Å². The number of rotatable bonds is 5. The fourth-order valence-corrected chi connectivity index (χ4v) is 1.97. The van der Waals surface area contributed by atoms with Crippen LogP contribution in [0.3, 0.4) is 0 Å². The van der Waals surface area contributed by atoms with E-state index in [4.69, 9.17) is 0 Å². The maximum Gasteiger partial charge on any atom is 0.143 e. The van der Waals surface area contributed by atoms with Gasteiger partial charge in [0.2, 0.25) is 0 Å². The van der Waals surface area contributed by atoms with E-state index in [1.807, 2.05) is 0 Å². The number of hydrogen-bond acceptors (Lipinski definition) is 2. The Bertz CT molecular complexity index is 307. The molecule has 0 amide bonds. The molecule has 0 aliphatic rings. The Morgan fingerprint density at radius 3 is 2.40 bits per heavy atom. The maximum absolute atomic E-state index is 4.31. The van der Waals surface area contributed by atoms with E-state index in [9.17, 15) is 0 Å². The summed E-state index contributed by atoms with van der Waals surface area (Å²) in [6.45, 7) is 9.87. The van der Waals surface area contributed by atoms with Gasteiger partial charge in [-0.3, -0.25) is 0 Å². The van der Waals surface area contributed by atoms with Gasteiger partial charge in [0.05, 0.1) is 5.33 Å². The first-order chi connectivity index (χ1) is 7.11. The topological polar surface area (TPSA) is 30.7 Å². The molecule has 0 N–H and O–H groups in total. The molecule has 0 aromatic carbocycles. The van der Waals surface area contributed by atoms with E-state index >= 15 is 0 Å². The van der Waals surface area contributed by atoms with Crippen LogP contribution in [-0.2, 0) is 11.9 Å². The van der Waals surface area contributed by atoms with Gasteiger partial charge in [0.15, 0.2) is 0 Å². The average Bonchev–Trinajstić information content (AvgIpc) is 2.60. The Morgan fingerprint density at radius 1 is 1.27 bits per heavy atom. The summed E-state index contributed by atoms with van der Waals surface area (Å²) in [6, 6.07) is 0. The Labute approximate surface area is 100 Å². The molecule has 4 heteroatoms. The zero-order valence-electron chi connectivity index (χ0n) is 10.00. The Hall–Kier alpha value is -0.380. The molecule has 1 heterocycles. The van der Waals surface area contributed by atoms with E-state index in [1.54, 1.807) is 0 Å². The molecule has 15 heavy (non-hydrogen) atoms. The summed E-state index contributed by atoms with van der Waals surface area (Å²) in [6.07, 6.45) is 1.12. The lowest BCUT2D eigenvalue weighted by atomic mass is 9.97. The minimum Gasteiger partial charge on any atom is -0.314 e. The van der Waals surface area contributed by atoms with Crippen LogP contribution in [-0.4, -0.2) is 14.8 Å². The number of halogens is 1. The third-order valence-electron chi connectivity index (χ3n) is 2.83. The first kappa shape index (κ1) is 12.7. The lowest BCUT2D eigenvalue weighted by Crippen LogP contribution is -2.12. The third-order valence-corrected chi connectivity index (χ3v) is 3.33. The summed E-state index contributed by atoms with van der Waals surface area (Å²) in [5.41, 5.74) is 0. The molecule has 0 saturated carbocycles. The van der Waals surface area contributed by atoms with Crippen LogP contribution >= 0.6 is 15.9 Å². The van der Waals surface area contributed by atoms with E-state index in [0.717, 1.165) is 29.9 Å². The minimum absolute atomic E-state index is 0.469. The number of nitrogens with zero attached hydrogens (tertiary/aromatic N) is 3.